The van der Waals surface area contributed by atoms with Gasteiger partial charge in [-0.1, -0.05) is 0 Å². The molecular weight excluding hydrogens is 214 g/mol. The fourth-order valence-corrected chi connectivity index (χ4v) is 2.56. The number of halogens is 1. The normalized spacial score (nSPS) is 16.9. The van der Waals surface area contributed by atoms with Gasteiger partial charge in [-0.05, 0) is 15.9 Å². The van der Waals surface area contributed by atoms with Crippen molar-refractivity contribution in [3.05, 3.63) is 14.5 Å². The summed E-state index contributed by atoms with van der Waals surface area (Å²) in [5, 5.41) is 0. The van der Waals surface area contributed by atoms with E-state index < -0.39 is 0 Å². The molecular formula is C6H6BrNOS. The topological polar surface area (TPSA) is 22.1 Å². The van der Waals surface area contributed by atoms with Gasteiger partial charge in [-0.2, -0.15) is 0 Å². The summed E-state index contributed by atoms with van der Waals surface area (Å²) < 4.78 is 6.23. The number of thiazole rings is 1. The maximum Gasteiger partial charge on any atom is 0.159 e. The molecule has 2 nitrogen and oxygen atoms in total. The van der Waals surface area contributed by atoms with Gasteiger partial charge in [0.05, 0.1) is 23.8 Å². The Hall–Kier alpha value is 0.0700. The van der Waals surface area contributed by atoms with Crippen molar-refractivity contribution in [1.82, 2.24) is 4.98 Å². The van der Waals surface area contributed by atoms with Gasteiger partial charge in [0.1, 0.15) is 0 Å². The van der Waals surface area contributed by atoms with E-state index in [1.54, 1.807) is 11.3 Å². The van der Waals surface area contributed by atoms with Gasteiger partial charge in [0, 0.05) is 6.42 Å². The molecule has 0 aromatic carbocycles. The lowest BCUT2D eigenvalue weighted by Crippen LogP contribution is -2.07. The van der Waals surface area contributed by atoms with E-state index in [2.05, 4.69) is 20.9 Å². The summed E-state index contributed by atoms with van der Waals surface area (Å²) in [7, 11) is 0. The minimum absolute atomic E-state index is 0.749. The number of hydrogen-bond donors (Lipinski definition) is 0. The second kappa shape index (κ2) is 2.60. The van der Waals surface area contributed by atoms with Gasteiger partial charge in [0.15, 0.2) is 3.92 Å². The van der Waals surface area contributed by atoms with Gasteiger partial charge in [0.25, 0.3) is 0 Å². The number of rotatable bonds is 0. The molecule has 0 saturated carbocycles. The maximum absolute atomic E-state index is 5.26. The molecule has 4 heteroatoms. The van der Waals surface area contributed by atoms with Crippen molar-refractivity contribution >= 4 is 27.3 Å². The molecule has 0 radical (unpaired) electrons. The van der Waals surface area contributed by atoms with E-state index in [9.17, 15) is 0 Å². The number of fused-ring (bicyclic) bond motifs is 1. The van der Waals surface area contributed by atoms with Crippen molar-refractivity contribution in [3.8, 4) is 0 Å². The lowest BCUT2D eigenvalue weighted by molar-refractivity contribution is 0.112. The lowest BCUT2D eigenvalue weighted by atomic mass is 10.2. The van der Waals surface area contributed by atoms with Crippen molar-refractivity contribution < 1.29 is 4.74 Å². The Balaban J connectivity index is 2.41. The number of aromatic nitrogens is 1. The third kappa shape index (κ3) is 1.11. The second-order valence-electron chi connectivity index (χ2n) is 2.14. The van der Waals surface area contributed by atoms with E-state index in [4.69, 9.17) is 4.74 Å². The summed E-state index contributed by atoms with van der Waals surface area (Å²) in [6, 6.07) is 0. The van der Waals surface area contributed by atoms with Gasteiger partial charge in [-0.25, -0.2) is 4.98 Å². The molecule has 0 unspecified atom stereocenters. The van der Waals surface area contributed by atoms with Gasteiger partial charge < -0.3 is 4.74 Å². The Kier molecular flexibility index (Phi) is 1.76. The minimum Gasteiger partial charge on any atom is -0.375 e. The molecule has 0 fully saturated rings. The van der Waals surface area contributed by atoms with Crippen LogP contribution in [-0.2, 0) is 17.8 Å². The highest BCUT2D eigenvalue weighted by Crippen LogP contribution is 2.26. The fraction of sp³-hybridized carbons (Fsp3) is 0.500. The summed E-state index contributed by atoms with van der Waals surface area (Å²) in [6.07, 6.45) is 0.970. The van der Waals surface area contributed by atoms with Crippen LogP contribution in [0.5, 0.6) is 0 Å². The molecule has 54 valence electrons. The number of ether oxygens (including phenoxy) is 1. The zero-order valence-electron chi connectivity index (χ0n) is 5.26. The fourth-order valence-electron chi connectivity index (χ4n) is 0.994. The van der Waals surface area contributed by atoms with E-state index >= 15 is 0 Å². The van der Waals surface area contributed by atoms with Crippen LogP contribution in [0.3, 0.4) is 0 Å². The highest BCUT2D eigenvalue weighted by molar-refractivity contribution is 9.11. The highest BCUT2D eigenvalue weighted by atomic mass is 79.9. The van der Waals surface area contributed by atoms with Gasteiger partial charge >= 0.3 is 0 Å². The summed E-state index contributed by atoms with van der Waals surface area (Å²) in [6.45, 7) is 1.57. The Morgan fingerprint density at radius 1 is 1.60 bits per heavy atom. The van der Waals surface area contributed by atoms with Crippen LogP contribution in [0.2, 0.25) is 0 Å². The predicted octanol–water partition coefficient (Wildman–Crippen LogP) is 1.98. The van der Waals surface area contributed by atoms with Crippen LogP contribution in [0, 0.1) is 0 Å². The largest absolute Gasteiger partial charge is 0.375 e. The van der Waals surface area contributed by atoms with Crippen molar-refractivity contribution in [2.75, 3.05) is 6.61 Å². The zero-order chi connectivity index (χ0) is 6.97. The van der Waals surface area contributed by atoms with Crippen LogP contribution in [-0.4, -0.2) is 11.6 Å². The van der Waals surface area contributed by atoms with Gasteiger partial charge in [0.2, 0.25) is 0 Å². The van der Waals surface area contributed by atoms with Gasteiger partial charge in [-0.3, -0.25) is 0 Å². The summed E-state index contributed by atoms with van der Waals surface area (Å²) in [4.78, 5) is 5.58. The molecule has 0 amide bonds. The Bertz CT molecular complexity index is 224. The molecule has 2 rings (SSSR count). The molecule has 1 aromatic rings. The summed E-state index contributed by atoms with van der Waals surface area (Å²) >= 11 is 5.01. The number of hydrogen-bond acceptors (Lipinski definition) is 3. The summed E-state index contributed by atoms with van der Waals surface area (Å²) in [5.74, 6) is 0. The minimum atomic E-state index is 0.749. The van der Waals surface area contributed by atoms with E-state index in [-0.39, 0.29) is 0 Å². The van der Waals surface area contributed by atoms with Gasteiger partial charge in [-0.15, -0.1) is 11.3 Å². The molecule has 1 aliphatic rings. The van der Waals surface area contributed by atoms with Crippen LogP contribution < -0.4 is 0 Å². The third-order valence-corrected chi connectivity index (χ3v) is 2.99. The molecule has 2 heterocycles. The quantitative estimate of drug-likeness (QED) is 0.666. The maximum atomic E-state index is 5.26. The van der Waals surface area contributed by atoms with Crippen LogP contribution in [0.25, 0.3) is 0 Å². The van der Waals surface area contributed by atoms with E-state index in [0.717, 1.165) is 23.6 Å². The molecule has 0 spiro atoms. The average Bonchev–Trinajstić information content (AvgIpc) is 2.27. The lowest BCUT2D eigenvalue weighted by Gasteiger charge is -2.08. The van der Waals surface area contributed by atoms with Crippen LogP contribution in [0.4, 0.5) is 0 Å². The van der Waals surface area contributed by atoms with Crippen molar-refractivity contribution in [3.63, 3.8) is 0 Å². The Labute approximate surface area is 71.4 Å². The van der Waals surface area contributed by atoms with E-state index in [0.29, 0.717) is 0 Å². The Morgan fingerprint density at radius 2 is 2.50 bits per heavy atom. The summed E-state index contributed by atoms with van der Waals surface area (Å²) in [5.41, 5.74) is 1.21. The molecule has 0 aliphatic carbocycles. The standard InChI is InChI=1S/C6H6BrNOS/c7-6-8-4-1-2-9-3-5(4)10-6/h1-3H2. The van der Waals surface area contributed by atoms with Crippen LogP contribution in [0.1, 0.15) is 10.6 Å². The highest BCUT2D eigenvalue weighted by Gasteiger charge is 2.13. The number of nitrogens with zero attached hydrogens (tertiary/aromatic N) is 1. The van der Waals surface area contributed by atoms with Crippen molar-refractivity contribution in [1.29, 1.82) is 0 Å². The molecule has 0 N–H and O–H groups in total. The molecule has 0 atom stereocenters. The van der Waals surface area contributed by atoms with Crippen LogP contribution >= 0.6 is 27.3 Å². The van der Waals surface area contributed by atoms with Crippen molar-refractivity contribution in [2.24, 2.45) is 0 Å². The average molecular weight is 220 g/mol. The molecule has 1 aliphatic heterocycles. The first-order valence-electron chi connectivity index (χ1n) is 3.08. The zero-order valence-corrected chi connectivity index (χ0v) is 7.67. The second-order valence-corrected chi connectivity index (χ2v) is 4.50. The first-order valence-corrected chi connectivity index (χ1v) is 4.69. The first-order chi connectivity index (χ1) is 4.86. The third-order valence-electron chi connectivity index (χ3n) is 1.47. The molecule has 1 aromatic heterocycles. The molecule has 0 bridgehead atoms. The van der Waals surface area contributed by atoms with E-state index in [1.807, 2.05) is 0 Å². The predicted molar refractivity (Wildman–Crippen MR) is 43.2 cm³/mol. The first kappa shape index (κ1) is 6.76. The molecule has 10 heavy (non-hydrogen) atoms. The van der Waals surface area contributed by atoms with Crippen molar-refractivity contribution in [2.45, 2.75) is 13.0 Å². The smallest absolute Gasteiger partial charge is 0.159 e. The van der Waals surface area contributed by atoms with Crippen LogP contribution in [0.15, 0.2) is 3.92 Å². The molecule has 0 saturated heterocycles. The monoisotopic (exact) mass is 219 g/mol. The van der Waals surface area contributed by atoms with E-state index in [1.165, 1.54) is 10.6 Å². The SMILES string of the molecule is Brc1nc2c(s1)COCC2. The Morgan fingerprint density at radius 3 is 3.30 bits per heavy atom.